The Morgan fingerprint density at radius 2 is 1.43 bits per heavy atom. The van der Waals surface area contributed by atoms with Gasteiger partial charge in [-0.3, -0.25) is 9.40 Å². The van der Waals surface area contributed by atoms with Gasteiger partial charge in [0.1, 0.15) is 0 Å². The number of nitrogens with one attached hydrogen (secondary N) is 1. The van der Waals surface area contributed by atoms with Gasteiger partial charge in [0.05, 0.1) is 17.0 Å². The van der Waals surface area contributed by atoms with Crippen LogP contribution in [0, 0.1) is 36.0 Å². The second-order valence-corrected chi connectivity index (χ2v) is 7.55. The Labute approximate surface area is 156 Å². The van der Waals surface area contributed by atoms with Gasteiger partial charge < -0.3 is 0 Å². The molecule has 1 aromatic heterocycles. The highest BCUT2D eigenvalue weighted by Crippen LogP contribution is 2.24. The summed E-state index contributed by atoms with van der Waals surface area (Å²) in [5.41, 5.74) is -0.238. The molecule has 0 radical (unpaired) electrons. The Morgan fingerprint density at radius 3 is 2.00 bits per heavy atom. The lowest BCUT2D eigenvalue weighted by molar-refractivity contribution is 0.367. The van der Waals surface area contributed by atoms with Crippen LogP contribution in [-0.4, -0.2) is 18.2 Å². The first-order chi connectivity index (χ1) is 13.1. The van der Waals surface area contributed by atoms with Gasteiger partial charge in [-0.25, -0.2) is 30.4 Å². The highest BCUT2D eigenvalue weighted by molar-refractivity contribution is 7.92. The molecule has 3 aromatic rings. The molecule has 0 amide bonds. The van der Waals surface area contributed by atoms with Crippen molar-refractivity contribution >= 4 is 15.8 Å². The standard InChI is InChI=1S/C17H12F5N3O2S/c1-9-2-4-10(5-3-9)28(26,27)24-12-6-7-25(23-12)8-11-13(18)15(20)17(22)16(21)14(11)19/h2-7H,8H2,1H3,(H,23,24). The van der Waals surface area contributed by atoms with Gasteiger partial charge in [0.2, 0.25) is 5.82 Å². The highest BCUT2D eigenvalue weighted by atomic mass is 32.2. The van der Waals surface area contributed by atoms with Crippen LogP contribution in [0.2, 0.25) is 0 Å². The zero-order valence-corrected chi connectivity index (χ0v) is 15.0. The molecule has 28 heavy (non-hydrogen) atoms. The van der Waals surface area contributed by atoms with E-state index in [9.17, 15) is 30.4 Å². The van der Waals surface area contributed by atoms with E-state index < -0.39 is 51.2 Å². The SMILES string of the molecule is Cc1ccc(S(=O)(=O)Nc2ccn(Cc3c(F)c(F)c(F)c(F)c3F)n2)cc1. The van der Waals surface area contributed by atoms with Gasteiger partial charge in [-0.1, -0.05) is 17.7 Å². The monoisotopic (exact) mass is 417 g/mol. The molecule has 1 N–H and O–H groups in total. The van der Waals surface area contributed by atoms with Crippen molar-refractivity contribution < 1.29 is 30.4 Å². The fourth-order valence-electron chi connectivity index (χ4n) is 2.37. The molecular formula is C17H12F5N3O2S. The van der Waals surface area contributed by atoms with Gasteiger partial charge in [0.25, 0.3) is 10.0 Å². The number of hydrogen-bond donors (Lipinski definition) is 1. The third kappa shape index (κ3) is 3.70. The molecule has 11 heteroatoms. The summed E-state index contributed by atoms with van der Waals surface area (Å²) in [6.45, 7) is 0.989. The fraction of sp³-hybridized carbons (Fsp3) is 0.118. The summed E-state index contributed by atoms with van der Waals surface area (Å²) in [5.74, 6) is -10.5. The second kappa shape index (κ2) is 7.23. The molecule has 0 aliphatic carbocycles. The Bertz CT molecular complexity index is 1120. The minimum atomic E-state index is -3.97. The van der Waals surface area contributed by atoms with Crippen LogP contribution < -0.4 is 4.72 Å². The second-order valence-electron chi connectivity index (χ2n) is 5.87. The molecule has 1 heterocycles. The summed E-state index contributed by atoms with van der Waals surface area (Å²) < 4.78 is 94.7. The van der Waals surface area contributed by atoms with Crippen LogP contribution in [0.4, 0.5) is 27.8 Å². The molecule has 0 spiro atoms. The minimum Gasteiger partial charge on any atom is -0.266 e. The normalized spacial score (nSPS) is 11.6. The number of aryl methyl sites for hydroxylation is 1. The Morgan fingerprint density at radius 1 is 0.893 bits per heavy atom. The third-order valence-electron chi connectivity index (χ3n) is 3.83. The molecule has 5 nitrogen and oxygen atoms in total. The molecule has 148 valence electrons. The molecule has 0 atom stereocenters. The Balaban J connectivity index is 1.85. The molecule has 0 unspecified atom stereocenters. The van der Waals surface area contributed by atoms with Crippen molar-refractivity contribution in [2.45, 2.75) is 18.4 Å². The van der Waals surface area contributed by atoms with E-state index in [4.69, 9.17) is 0 Å². The quantitative estimate of drug-likeness (QED) is 0.391. The number of aromatic nitrogens is 2. The number of nitrogens with zero attached hydrogens (tertiary/aromatic N) is 2. The van der Waals surface area contributed by atoms with Crippen molar-refractivity contribution in [1.29, 1.82) is 0 Å². The van der Waals surface area contributed by atoms with Crippen molar-refractivity contribution in [2.75, 3.05) is 4.72 Å². The van der Waals surface area contributed by atoms with E-state index in [1.807, 2.05) is 0 Å². The lowest BCUT2D eigenvalue weighted by Gasteiger charge is -2.08. The number of halogens is 5. The molecule has 0 aliphatic rings. The highest BCUT2D eigenvalue weighted by Gasteiger charge is 2.26. The summed E-state index contributed by atoms with van der Waals surface area (Å²) in [6.07, 6.45) is 1.13. The van der Waals surface area contributed by atoms with Gasteiger partial charge in [-0.15, -0.1) is 0 Å². The van der Waals surface area contributed by atoms with Crippen LogP contribution in [0.15, 0.2) is 41.4 Å². The summed E-state index contributed by atoms with van der Waals surface area (Å²) in [7, 11) is -3.97. The summed E-state index contributed by atoms with van der Waals surface area (Å²) >= 11 is 0. The van der Waals surface area contributed by atoms with Crippen LogP contribution in [0.5, 0.6) is 0 Å². The molecule has 3 rings (SSSR count). The van der Waals surface area contributed by atoms with E-state index in [0.717, 1.165) is 16.4 Å². The predicted octanol–water partition coefficient (Wildman–Crippen LogP) is 3.74. The molecule has 0 fully saturated rings. The Hall–Kier alpha value is -2.95. The van der Waals surface area contributed by atoms with Crippen LogP contribution in [0.25, 0.3) is 0 Å². The minimum absolute atomic E-state index is 0.0348. The van der Waals surface area contributed by atoms with Gasteiger partial charge in [0, 0.05) is 12.3 Å². The zero-order valence-electron chi connectivity index (χ0n) is 14.2. The molecule has 0 saturated carbocycles. The van der Waals surface area contributed by atoms with Crippen LogP contribution in [0.3, 0.4) is 0 Å². The maximum atomic E-state index is 13.7. The zero-order chi connectivity index (χ0) is 20.6. The summed E-state index contributed by atoms with van der Waals surface area (Å²) in [5, 5.41) is 3.75. The third-order valence-corrected chi connectivity index (χ3v) is 5.20. The lowest BCUT2D eigenvalue weighted by Crippen LogP contribution is -2.14. The molecule has 0 bridgehead atoms. The Kier molecular flexibility index (Phi) is 5.11. The maximum absolute atomic E-state index is 13.7. The average Bonchev–Trinajstić information content (AvgIpc) is 3.08. The van der Waals surface area contributed by atoms with Gasteiger partial charge in [0.15, 0.2) is 29.1 Å². The largest absolute Gasteiger partial charge is 0.266 e. The first kappa shape index (κ1) is 19.8. The van der Waals surface area contributed by atoms with E-state index in [-0.39, 0.29) is 10.7 Å². The molecule has 2 aromatic carbocycles. The van der Waals surface area contributed by atoms with Crippen molar-refractivity contribution in [2.24, 2.45) is 0 Å². The predicted molar refractivity (Wildman–Crippen MR) is 89.5 cm³/mol. The summed E-state index contributed by atoms with van der Waals surface area (Å²) in [6, 6.07) is 7.12. The van der Waals surface area contributed by atoms with E-state index in [0.29, 0.717) is 0 Å². The van der Waals surface area contributed by atoms with Crippen molar-refractivity contribution in [3.63, 3.8) is 0 Å². The molecule has 0 aliphatic heterocycles. The van der Waals surface area contributed by atoms with E-state index in [1.165, 1.54) is 18.2 Å². The van der Waals surface area contributed by atoms with Gasteiger partial charge >= 0.3 is 0 Å². The number of sulfonamides is 1. The maximum Gasteiger partial charge on any atom is 0.263 e. The van der Waals surface area contributed by atoms with E-state index in [1.54, 1.807) is 19.1 Å². The lowest BCUT2D eigenvalue weighted by atomic mass is 10.1. The van der Waals surface area contributed by atoms with E-state index >= 15 is 0 Å². The van der Waals surface area contributed by atoms with Crippen molar-refractivity contribution in [1.82, 2.24) is 9.78 Å². The van der Waals surface area contributed by atoms with Gasteiger partial charge in [-0.2, -0.15) is 5.10 Å². The molecular weight excluding hydrogens is 405 g/mol. The molecule has 0 saturated heterocycles. The van der Waals surface area contributed by atoms with E-state index in [2.05, 4.69) is 9.82 Å². The fourth-order valence-corrected chi connectivity index (χ4v) is 3.37. The average molecular weight is 417 g/mol. The number of anilines is 1. The number of rotatable bonds is 5. The first-order valence-electron chi connectivity index (χ1n) is 7.73. The number of hydrogen-bond acceptors (Lipinski definition) is 3. The number of benzene rings is 2. The van der Waals surface area contributed by atoms with Gasteiger partial charge in [-0.05, 0) is 19.1 Å². The van der Waals surface area contributed by atoms with Crippen LogP contribution in [-0.2, 0) is 16.6 Å². The summed E-state index contributed by atoms with van der Waals surface area (Å²) in [4.78, 5) is -0.0348. The van der Waals surface area contributed by atoms with Crippen molar-refractivity contribution in [3.8, 4) is 0 Å². The smallest absolute Gasteiger partial charge is 0.263 e. The van der Waals surface area contributed by atoms with Crippen LogP contribution >= 0.6 is 0 Å². The van der Waals surface area contributed by atoms with Crippen molar-refractivity contribution in [3.05, 3.63) is 76.7 Å². The van der Waals surface area contributed by atoms with Crippen LogP contribution in [0.1, 0.15) is 11.1 Å². The first-order valence-corrected chi connectivity index (χ1v) is 9.21. The topological polar surface area (TPSA) is 64.0 Å².